The molecule has 6 nitrogen and oxygen atoms in total. The lowest BCUT2D eigenvalue weighted by atomic mass is 10.2. The molecular weight excluding hydrogens is 318 g/mol. The third-order valence-corrected chi connectivity index (χ3v) is 3.89. The van der Waals surface area contributed by atoms with Crippen molar-refractivity contribution in [1.82, 2.24) is 9.55 Å². The minimum atomic E-state index is -1.00. The molecule has 0 atom stereocenters. The Kier molecular flexibility index (Phi) is 3.83. The fourth-order valence-electron chi connectivity index (χ4n) is 2.47. The summed E-state index contributed by atoms with van der Waals surface area (Å²) in [5.41, 5.74) is 2.34. The van der Waals surface area contributed by atoms with Gasteiger partial charge in [-0.05, 0) is 24.3 Å². The highest BCUT2D eigenvalue weighted by atomic mass is 35.5. The lowest BCUT2D eigenvalue weighted by molar-refractivity contribution is 0.0687. The molecule has 0 unspecified atom stereocenters. The molecule has 3 aromatic rings. The number of carbonyl (C=O) groups is 1. The molecule has 0 aliphatic carbocycles. The summed E-state index contributed by atoms with van der Waals surface area (Å²) in [4.78, 5) is 15.5. The monoisotopic (exact) mass is 331 g/mol. The molecular formula is C16H14ClN3O3. The molecule has 0 bridgehead atoms. The summed E-state index contributed by atoms with van der Waals surface area (Å²) in [6, 6.07) is 8.70. The smallest absolute Gasteiger partial charge is 0.352 e. The van der Waals surface area contributed by atoms with Crippen molar-refractivity contribution in [3.8, 4) is 5.88 Å². The van der Waals surface area contributed by atoms with E-state index in [1.54, 1.807) is 49.2 Å². The molecule has 1 aromatic carbocycles. The lowest BCUT2D eigenvalue weighted by Gasteiger charge is -2.09. The number of halogens is 1. The van der Waals surface area contributed by atoms with Crippen LogP contribution in [0.5, 0.6) is 5.88 Å². The van der Waals surface area contributed by atoms with E-state index in [9.17, 15) is 9.90 Å². The van der Waals surface area contributed by atoms with Crippen LogP contribution in [0.2, 0.25) is 5.02 Å². The van der Waals surface area contributed by atoms with E-state index in [0.717, 1.165) is 16.8 Å². The highest BCUT2D eigenvalue weighted by Gasteiger charge is 2.16. The number of nitrogens with zero attached hydrogens (tertiary/aromatic N) is 2. The number of aromatic nitrogens is 2. The van der Waals surface area contributed by atoms with Gasteiger partial charge in [-0.25, -0.2) is 9.78 Å². The average molecular weight is 332 g/mol. The first-order valence-electron chi connectivity index (χ1n) is 6.79. The number of carboxylic acids is 1. The van der Waals surface area contributed by atoms with Crippen molar-refractivity contribution in [2.45, 2.75) is 0 Å². The lowest BCUT2D eigenvalue weighted by Crippen LogP contribution is -2.03. The number of anilines is 2. The SMILES string of the molecule is COc1ccc(Nc2ccc(Cl)c3c2cc(C(=O)O)n3C)cn1. The Morgan fingerprint density at radius 3 is 2.74 bits per heavy atom. The predicted octanol–water partition coefficient (Wildman–Crippen LogP) is 3.68. The maximum atomic E-state index is 11.3. The summed E-state index contributed by atoms with van der Waals surface area (Å²) in [6.45, 7) is 0. The Morgan fingerprint density at radius 2 is 2.13 bits per heavy atom. The molecule has 0 spiro atoms. The van der Waals surface area contributed by atoms with E-state index < -0.39 is 5.97 Å². The van der Waals surface area contributed by atoms with Crippen molar-refractivity contribution in [2.24, 2.45) is 7.05 Å². The topological polar surface area (TPSA) is 76.4 Å². The Labute approximate surface area is 137 Å². The number of benzene rings is 1. The van der Waals surface area contributed by atoms with Gasteiger partial charge in [0, 0.05) is 24.2 Å². The van der Waals surface area contributed by atoms with Crippen molar-refractivity contribution in [3.63, 3.8) is 0 Å². The minimum absolute atomic E-state index is 0.170. The number of aryl methyl sites for hydroxylation is 1. The van der Waals surface area contributed by atoms with Gasteiger partial charge in [0.25, 0.3) is 0 Å². The summed E-state index contributed by atoms with van der Waals surface area (Å²) in [5.74, 6) is -0.485. The fourth-order valence-corrected chi connectivity index (χ4v) is 2.76. The van der Waals surface area contributed by atoms with Crippen LogP contribution in [0.1, 0.15) is 10.5 Å². The number of pyridine rings is 1. The average Bonchev–Trinajstić information content (AvgIpc) is 2.90. The number of aromatic carboxylic acids is 1. The van der Waals surface area contributed by atoms with E-state index in [4.69, 9.17) is 16.3 Å². The molecule has 7 heteroatoms. The Bertz CT molecular complexity index is 888. The van der Waals surface area contributed by atoms with Crippen LogP contribution in [0.15, 0.2) is 36.5 Å². The van der Waals surface area contributed by atoms with E-state index in [1.165, 1.54) is 0 Å². The zero-order valence-corrected chi connectivity index (χ0v) is 13.3. The zero-order chi connectivity index (χ0) is 16.6. The van der Waals surface area contributed by atoms with Crippen LogP contribution in [0.25, 0.3) is 10.9 Å². The van der Waals surface area contributed by atoms with Gasteiger partial charge in [-0.1, -0.05) is 11.6 Å². The maximum Gasteiger partial charge on any atom is 0.352 e. The van der Waals surface area contributed by atoms with Crippen molar-refractivity contribution >= 4 is 39.8 Å². The maximum absolute atomic E-state index is 11.3. The van der Waals surface area contributed by atoms with Crippen LogP contribution in [0.4, 0.5) is 11.4 Å². The second-order valence-corrected chi connectivity index (χ2v) is 5.37. The van der Waals surface area contributed by atoms with Crippen LogP contribution in [0, 0.1) is 0 Å². The van der Waals surface area contributed by atoms with Gasteiger partial charge in [-0.2, -0.15) is 0 Å². The molecule has 0 radical (unpaired) electrons. The fraction of sp³-hybridized carbons (Fsp3) is 0.125. The van der Waals surface area contributed by atoms with Crippen LogP contribution in [0.3, 0.4) is 0 Å². The van der Waals surface area contributed by atoms with E-state index in [2.05, 4.69) is 10.3 Å². The Morgan fingerprint density at radius 1 is 1.35 bits per heavy atom. The molecule has 2 N–H and O–H groups in total. The molecule has 118 valence electrons. The van der Waals surface area contributed by atoms with Gasteiger partial charge in [-0.3, -0.25) is 0 Å². The van der Waals surface area contributed by atoms with Crippen LogP contribution in [-0.4, -0.2) is 27.7 Å². The number of hydrogen-bond donors (Lipinski definition) is 2. The number of hydrogen-bond acceptors (Lipinski definition) is 4. The molecule has 0 saturated heterocycles. The van der Waals surface area contributed by atoms with Gasteiger partial charge >= 0.3 is 5.97 Å². The standard InChI is InChI=1S/C16H14ClN3O3/c1-20-13(16(21)22)7-10-12(5-4-11(17)15(10)20)19-9-3-6-14(23-2)18-8-9/h3-8,19H,1-2H3,(H,21,22). The highest BCUT2D eigenvalue weighted by molar-refractivity contribution is 6.36. The minimum Gasteiger partial charge on any atom is -0.481 e. The third kappa shape index (κ3) is 2.68. The van der Waals surface area contributed by atoms with E-state index in [0.29, 0.717) is 16.4 Å². The normalized spacial score (nSPS) is 10.7. The van der Waals surface area contributed by atoms with Gasteiger partial charge < -0.3 is 19.7 Å². The van der Waals surface area contributed by atoms with Crippen LogP contribution in [-0.2, 0) is 7.05 Å². The second kappa shape index (κ2) is 5.81. The summed E-state index contributed by atoms with van der Waals surface area (Å²) >= 11 is 6.22. The first-order chi connectivity index (χ1) is 11.0. The molecule has 3 rings (SSSR count). The Balaban J connectivity index is 2.08. The van der Waals surface area contributed by atoms with Crippen LogP contribution >= 0.6 is 11.6 Å². The van der Waals surface area contributed by atoms with Gasteiger partial charge in [0.1, 0.15) is 5.69 Å². The van der Waals surface area contributed by atoms with Gasteiger partial charge in [0.2, 0.25) is 5.88 Å². The van der Waals surface area contributed by atoms with Gasteiger partial charge in [0.15, 0.2) is 0 Å². The molecule has 0 saturated carbocycles. The quantitative estimate of drug-likeness (QED) is 0.762. The first kappa shape index (κ1) is 15.2. The summed E-state index contributed by atoms with van der Waals surface area (Å²) in [7, 11) is 3.23. The Hall–Kier alpha value is -2.73. The number of fused-ring (bicyclic) bond motifs is 1. The van der Waals surface area contributed by atoms with E-state index >= 15 is 0 Å². The third-order valence-electron chi connectivity index (χ3n) is 3.59. The van der Waals surface area contributed by atoms with Crippen molar-refractivity contribution in [3.05, 3.63) is 47.2 Å². The number of carboxylic acid groups (broad SMARTS) is 1. The molecule has 0 amide bonds. The molecule has 0 aliphatic heterocycles. The van der Waals surface area contributed by atoms with Crippen molar-refractivity contribution in [2.75, 3.05) is 12.4 Å². The highest BCUT2D eigenvalue weighted by Crippen LogP contribution is 2.34. The number of nitrogens with one attached hydrogen (secondary N) is 1. The first-order valence-corrected chi connectivity index (χ1v) is 7.17. The predicted molar refractivity (Wildman–Crippen MR) is 89.0 cm³/mol. The summed E-state index contributed by atoms with van der Waals surface area (Å²) < 4.78 is 6.59. The molecule has 0 fully saturated rings. The van der Waals surface area contributed by atoms with Gasteiger partial charge in [-0.15, -0.1) is 0 Å². The number of ether oxygens (including phenoxy) is 1. The van der Waals surface area contributed by atoms with Crippen LogP contribution < -0.4 is 10.1 Å². The number of methoxy groups -OCH3 is 1. The largest absolute Gasteiger partial charge is 0.481 e. The molecule has 2 aromatic heterocycles. The summed E-state index contributed by atoms with van der Waals surface area (Å²) in [5, 5.41) is 13.7. The summed E-state index contributed by atoms with van der Waals surface area (Å²) in [6.07, 6.45) is 1.64. The van der Waals surface area contributed by atoms with Crippen molar-refractivity contribution < 1.29 is 14.6 Å². The van der Waals surface area contributed by atoms with Gasteiger partial charge in [0.05, 0.1) is 29.5 Å². The zero-order valence-electron chi connectivity index (χ0n) is 12.5. The van der Waals surface area contributed by atoms with E-state index in [1.807, 2.05) is 6.07 Å². The van der Waals surface area contributed by atoms with Crippen molar-refractivity contribution in [1.29, 1.82) is 0 Å². The molecule has 23 heavy (non-hydrogen) atoms. The molecule has 0 aliphatic rings. The molecule has 2 heterocycles. The number of rotatable bonds is 4. The second-order valence-electron chi connectivity index (χ2n) is 4.97. The van der Waals surface area contributed by atoms with E-state index in [-0.39, 0.29) is 5.69 Å².